The van der Waals surface area contributed by atoms with E-state index in [2.05, 4.69) is 98.5 Å². The first-order chi connectivity index (χ1) is 25.5. The summed E-state index contributed by atoms with van der Waals surface area (Å²) in [5.41, 5.74) is 5.45. The fraction of sp³-hybridized carbons (Fsp3) is 0.511. The topological polar surface area (TPSA) is 73.9 Å². The second kappa shape index (κ2) is 26.0. The number of carbonyl (C=O) groups excluding carboxylic acids is 2. The summed E-state index contributed by atoms with van der Waals surface area (Å²) in [7, 11) is 3.95. The number of nitrogens with zero attached hydrogens (tertiary/aromatic N) is 2. The van der Waals surface area contributed by atoms with E-state index in [4.69, 9.17) is 4.74 Å². The summed E-state index contributed by atoms with van der Waals surface area (Å²) in [6.45, 7) is 17.5. The lowest BCUT2D eigenvalue weighted by molar-refractivity contribution is -0.123. The molecule has 2 N–H and O–H groups in total. The van der Waals surface area contributed by atoms with Gasteiger partial charge < -0.3 is 19.9 Å². The normalized spacial score (nSPS) is 14.9. The smallest absolute Gasteiger partial charge is 0.237 e. The van der Waals surface area contributed by atoms with Crippen molar-refractivity contribution in [1.29, 1.82) is 0 Å². The minimum absolute atomic E-state index is 0.0468. The molecule has 0 aromatic heterocycles. The Morgan fingerprint density at radius 1 is 1.02 bits per heavy atom. The van der Waals surface area contributed by atoms with Crippen LogP contribution < -0.4 is 10.6 Å². The van der Waals surface area contributed by atoms with Crippen molar-refractivity contribution < 1.29 is 18.7 Å². The third kappa shape index (κ3) is 18.2. The van der Waals surface area contributed by atoms with E-state index in [1.165, 1.54) is 48.1 Å². The van der Waals surface area contributed by atoms with Crippen LogP contribution in [0.5, 0.6) is 0 Å². The molecule has 3 unspecified atom stereocenters. The zero-order valence-corrected chi connectivity index (χ0v) is 33.6. The lowest BCUT2D eigenvalue weighted by Gasteiger charge is -2.23. The summed E-state index contributed by atoms with van der Waals surface area (Å²) in [6.07, 6.45) is 7.14. The number of Topliss-reactive ketones (excluding diaryl/α,β-unsaturated/α-hetero) is 1. The molecule has 1 aliphatic heterocycles. The minimum Gasteiger partial charge on any atom is -0.375 e. The molecule has 0 radical (unpaired) electrons. The highest BCUT2D eigenvalue weighted by Crippen LogP contribution is 2.19. The molecular weight excluding hydrogens is 664 g/mol. The van der Waals surface area contributed by atoms with Crippen LogP contribution in [0, 0.1) is 18.7 Å². The van der Waals surface area contributed by atoms with Crippen LogP contribution in [-0.4, -0.2) is 87.1 Å². The van der Waals surface area contributed by atoms with E-state index in [9.17, 15) is 14.0 Å². The first-order valence-corrected chi connectivity index (χ1v) is 19.6. The Balaban J connectivity index is 0.000000535. The van der Waals surface area contributed by atoms with Gasteiger partial charge in [0.25, 0.3) is 0 Å². The summed E-state index contributed by atoms with van der Waals surface area (Å²) in [4.78, 5) is 29.9. The van der Waals surface area contributed by atoms with Crippen LogP contribution in [0.2, 0.25) is 0 Å². The number of unbranched alkanes of at least 4 members (excludes halogenated alkanes) is 1. The molecule has 0 bridgehead atoms. The van der Waals surface area contributed by atoms with Crippen LogP contribution in [0.4, 0.5) is 4.39 Å². The third-order valence-electron chi connectivity index (χ3n) is 9.50. The van der Waals surface area contributed by atoms with E-state index in [0.29, 0.717) is 38.1 Å². The highest BCUT2D eigenvalue weighted by molar-refractivity contribution is 5.85. The van der Waals surface area contributed by atoms with E-state index in [0.717, 1.165) is 37.1 Å². The van der Waals surface area contributed by atoms with E-state index in [1.54, 1.807) is 17.0 Å². The molecular formula is C45H67FN4O3. The molecule has 0 aliphatic carbocycles. The molecule has 0 saturated carbocycles. The van der Waals surface area contributed by atoms with E-state index < -0.39 is 6.04 Å². The van der Waals surface area contributed by atoms with E-state index >= 15 is 0 Å². The van der Waals surface area contributed by atoms with Crippen LogP contribution in [0.3, 0.4) is 0 Å². The molecule has 3 atom stereocenters. The summed E-state index contributed by atoms with van der Waals surface area (Å²) >= 11 is 0. The Hall–Kier alpha value is -3.85. The number of hydrogen-bond acceptors (Lipinski definition) is 6. The predicted molar refractivity (Wildman–Crippen MR) is 219 cm³/mol. The maximum Gasteiger partial charge on any atom is 0.237 e. The van der Waals surface area contributed by atoms with Gasteiger partial charge in [-0.25, -0.2) is 4.39 Å². The fourth-order valence-electron chi connectivity index (χ4n) is 6.11. The minimum atomic E-state index is -0.591. The van der Waals surface area contributed by atoms with Crippen molar-refractivity contribution in [3.63, 3.8) is 0 Å². The van der Waals surface area contributed by atoms with Crippen molar-refractivity contribution in [2.45, 2.75) is 91.6 Å². The number of amides is 1. The standard InChI is InChI=1S/C30H49FN4O3.C13H12.C2H6/c1-6-7-9-23(2)21-38-22-24(3)35(5)20-28(36)19-33-29(18-25-11-13-26(31)14-12-25)30(37)32-16-15-27-10-8-17-34(27)4;1-11-7-9-13(10-8-11)12-5-3-2-4-6-12;1-2/h11-14,23,27,29,33H,3,6-10,15-22H2,1-2,4-5H3,(H,32,37);2-10H,1H3;1-2H3. The SMILES string of the molecule is C=C(COCC(C)CCCC)N(C)CC(=O)CNC(Cc1ccc(F)cc1)C(=O)NCCC1CCCN1C.CC.Cc1ccc(-c2ccccc2)cc1. The molecule has 8 heteroatoms. The third-order valence-corrected chi connectivity index (χ3v) is 9.50. The summed E-state index contributed by atoms with van der Waals surface area (Å²) in [5.74, 6) is -0.0102. The zero-order chi connectivity index (χ0) is 39.0. The van der Waals surface area contributed by atoms with Gasteiger partial charge in [0.1, 0.15) is 5.82 Å². The van der Waals surface area contributed by atoms with Crippen LogP contribution >= 0.6 is 0 Å². The summed E-state index contributed by atoms with van der Waals surface area (Å²) in [5, 5.41) is 6.17. The molecule has 3 aromatic carbocycles. The van der Waals surface area contributed by atoms with Gasteiger partial charge in [0.15, 0.2) is 5.78 Å². The number of likely N-dealkylation sites (N-methyl/N-ethyl adjacent to an activating group) is 1. The molecule has 1 fully saturated rings. The van der Waals surface area contributed by atoms with Crippen molar-refractivity contribution in [3.05, 3.63) is 108 Å². The Morgan fingerprint density at radius 3 is 2.30 bits per heavy atom. The van der Waals surface area contributed by atoms with Crippen molar-refractivity contribution in [2.24, 2.45) is 5.92 Å². The maximum absolute atomic E-state index is 13.4. The number of nitrogens with one attached hydrogen (secondary N) is 2. The Labute approximate surface area is 320 Å². The lowest BCUT2D eigenvalue weighted by atomic mass is 10.0. The average Bonchev–Trinajstić information content (AvgIpc) is 3.58. The van der Waals surface area contributed by atoms with Gasteiger partial charge in [-0.05, 0) is 87.4 Å². The van der Waals surface area contributed by atoms with Crippen LogP contribution in [-0.2, 0) is 20.7 Å². The van der Waals surface area contributed by atoms with E-state index in [1.807, 2.05) is 27.0 Å². The molecule has 1 heterocycles. The van der Waals surface area contributed by atoms with E-state index in [-0.39, 0.29) is 30.6 Å². The Bertz CT molecular complexity index is 1450. The van der Waals surface area contributed by atoms with Gasteiger partial charge in [0, 0.05) is 31.9 Å². The lowest BCUT2D eigenvalue weighted by Crippen LogP contribution is -2.48. The largest absolute Gasteiger partial charge is 0.375 e. The molecule has 1 aliphatic rings. The summed E-state index contributed by atoms with van der Waals surface area (Å²) < 4.78 is 19.2. The zero-order valence-electron chi connectivity index (χ0n) is 33.6. The number of aryl methyl sites for hydroxylation is 1. The number of benzene rings is 3. The molecule has 1 saturated heterocycles. The van der Waals surface area contributed by atoms with Crippen molar-refractivity contribution >= 4 is 11.7 Å². The maximum atomic E-state index is 13.4. The van der Waals surface area contributed by atoms with Gasteiger partial charge in [-0.15, -0.1) is 0 Å². The van der Waals surface area contributed by atoms with Gasteiger partial charge in [-0.3, -0.25) is 14.9 Å². The molecule has 292 valence electrons. The number of ketones is 1. The Morgan fingerprint density at radius 2 is 1.68 bits per heavy atom. The van der Waals surface area contributed by atoms with Gasteiger partial charge in [-0.1, -0.05) is 119 Å². The second-order valence-corrected chi connectivity index (χ2v) is 14.1. The molecule has 3 aromatic rings. The highest BCUT2D eigenvalue weighted by atomic mass is 19.1. The first kappa shape index (κ1) is 45.3. The van der Waals surface area contributed by atoms with Gasteiger partial charge in [0.2, 0.25) is 5.91 Å². The number of ether oxygens (including phenoxy) is 1. The fourth-order valence-corrected chi connectivity index (χ4v) is 6.11. The van der Waals surface area contributed by atoms with Gasteiger partial charge >= 0.3 is 0 Å². The predicted octanol–water partition coefficient (Wildman–Crippen LogP) is 8.47. The van der Waals surface area contributed by atoms with Crippen LogP contribution in [0.15, 0.2) is 91.1 Å². The molecule has 7 nitrogen and oxygen atoms in total. The summed E-state index contributed by atoms with van der Waals surface area (Å²) in [6, 6.07) is 25.1. The quantitative estimate of drug-likeness (QED) is 0.122. The average molecular weight is 731 g/mol. The second-order valence-electron chi connectivity index (χ2n) is 14.1. The molecule has 53 heavy (non-hydrogen) atoms. The van der Waals surface area contributed by atoms with Gasteiger partial charge in [-0.2, -0.15) is 0 Å². The number of halogens is 1. The van der Waals surface area contributed by atoms with Crippen molar-refractivity contribution in [2.75, 3.05) is 53.5 Å². The van der Waals surface area contributed by atoms with Crippen molar-refractivity contribution in [3.8, 4) is 11.1 Å². The van der Waals surface area contributed by atoms with Crippen LogP contribution in [0.1, 0.15) is 77.3 Å². The van der Waals surface area contributed by atoms with Crippen LogP contribution in [0.25, 0.3) is 11.1 Å². The number of rotatable bonds is 20. The number of carbonyl (C=O) groups is 2. The van der Waals surface area contributed by atoms with Gasteiger partial charge in [0.05, 0.1) is 25.7 Å². The molecule has 1 amide bonds. The number of hydrogen-bond donors (Lipinski definition) is 2. The molecule has 4 rings (SSSR count). The monoisotopic (exact) mass is 731 g/mol. The first-order valence-electron chi connectivity index (χ1n) is 19.6. The van der Waals surface area contributed by atoms with Crippen molar-refractivity contribution in [1.82, 2.24) is 20.4 Å². The highest BCUT2D eigenvalue weighted by Gasteiger charge is 2.23. The molecule has 0 spiro atoms. The number of likely N-dealkylation sites (tertiary alicyclic amines) is 1. The Kier molecular flexibility index (Phi) is 22.2.